The Morgan fingerprint density at radius 1 is 1.38 bits per heavy atom. The zero-order chi connectivity index (χ0) is 19.5. The Balaban J connectivity index is 2.15. The van der Waals surface area contributed by atoms with Crippen molar-refractivity contribution in [3.8, 4) is 0 Å². The number of hydrogen-bond donors (Lipinski definition) is 2. The highest BCUT2D eigenvalue weighted by Crippen LogP contribution is 2.42. The summed E-state index contributed by atoms with van der Waals surface area (Å²) in [5, 5.41) is 23.9. The number of nitro benzene ring substituents is 1. The van der Waals surface area contributed by atoms with Gasteiger partial charge in [0.25, 0.3) is 5.69 Å². The Labute approximate surface area is 149 Å². The fourth-order valence-electron chi connectivity index (χ4n) is 2.17. The standard InChI is InChI=1S/C15H14F3N3O4S/c1-9-8-26-13(20-9)14(23,15(16,17)18)6-12(22)19-7-10-4-2-3-5-11(10)21(24)25/h2-5,8,23H,6-7H2,1H3,(H,19,22)/t14-/m0/s1. The summed E-state index contributed by atoms with van der Waals surface area (Å²) < 4.78 is 40.0. The Hall–Kier alpha value is -2.53. The van der Waals surface area contributed by atoms with Crippen LogP contribution < -0.4 is 5.32 Å². The van der Waals surface area contributed by atoms with Crippen molar-refractivity contribution in [1.29, 1.82) is 0 Å². The molecule has 0 spiro atoms. The number of halogens is 3. The van der Waals surface area contributed by atoms with Crippen LogP contribution in [0.25, 0.3) is 0 Å². The summed E-state index contributed by atoms with van der Waals surface area (Å²) in [6.45, 7) is 1.12. The second-order valence-corrected chi connectivity index (χ2v) is 6.35. The highest BCUT2D eigenvalue weighted by molar-refractivity contribution is 7.09. The first kappa shape index (κ1) is 19.8. The second-order valence-electron chi connectivity index (χ2n) is 5.49. The fraction of sp³-hybridized carbons (Fsp3) is 0.333. The van der Waals surface area contributed by atoms with Crippen LogP contribution in [-0.4, -0.2) is 27.1 Å². The van der Waals surface area contributed by atoms with Gasteiger partial charge < -0.3 is 10.4 Å². The summed E-state index contributed by atoms with van der Waals surface area (Å²) in [6, 6.07) is 5.51. The maximum atomic E-state index is 13.3. The molecule has 1 heterocycles. The maximum absolute atomic E-state index is 13.3. The molecule has 11 heteroatoms. The van der Waals surface area contributed by atoms with Crippen LogP contribution in [-0.2, 0) is 16.9 Å². The first-order valence-corrected chi connectivity index (χ1v) is 8.13. The molecule has 0 unspecified atom stereocenters. The van der Waals surface area contributed by atoms with Gasteiger partial charge in [0.2, 0.25) is 11.5 Å². The summed E-state index contributed by atoms with van der Waals surface area (Å²) >= 11 is 0.596. The number of nitrogens with one attached hydrogen (secondary N) is 1. The Bertz CT molecular complexity index is 824. The van der Waals surface area contributed by atoms with Crippen LogP contribution in [0.4, 0.5) is 18.9 Å². The molecule has 0 aliphatic rings. The van der Waals surface area contributed by atoms with Gasteiger partial charge in [-0.2, -0.15) is 13.2 Å². The largest absolute Gasteiger partial charge is 0.424 e. The topological polar surface area (TPSA) is 105 Å². The quantitative estimate of drug-likeness (QED) is 0.584. The molecule has 1 aromatic heterocycles. The van der Waals surface area contributed by atoms with Gasteiger partial charge in [-0.3, -0.25) is 14.9 Å². The minimum atomic E-state index is -5.12. The van der Waals surface area contributed by atoms with E-state index < -0.39 is 34.0 Å². The summed E-state index contributed by atoms with van der Waals surface area (Å²) in [5.74, 6) is -1.11. The van der Waals surface area contributed by atoms with Crippen LogP contribution in [0.15, 0.2) is 29.6 Å². The van der Waals surface area contributed by atoms with Crippen LogP contribution in [0.1, 0.15) is 22.7 Å². The van der Waals surface area contributed by atoms with Gasteiger partial charge in [0.15, 0.2) is 0 Å². The van der Waals surface area contributed by atoms with Crippen molar-refractivity contribution in [2.45, 2.75) is 31.7 Å². The molecule has 26 heavy (non-hydrogen) atoms. The number of rotatable bonds is 6. The van der Waals surface area contributed by atoms with Gasteiger partial charge in [-0.05, 0) is 6.92 Å². The number of hydrogen-bond acceptors (Lipinski definition) is 6. The SMILES string of the molecule is Cc1csc([C@@](O)(CC(=O)NCc2ccccc2[N+](=O)[O-])C(F)(F)F)n1. The van der Waals surface area contributed by atoms with Crippen molar-refractivity contribution in [2.24, 2.45) is 0 Å². The van der Waals surface area contributed by atoms with Crippen LogP contribution >= 0.6 is 11.3 Å². The van der Waals surface area contributed by atoms with Gasteiger partial charge in [0.1, 0.15) is 5.01 Å². The predicted octanol–water partition coefficient (Wildman–Crippen LogP) is 2.82. The molecule has 1 amide bonds. The summed E-state index contributed by atoms with van der Waals surface area (Å²) in [5.41, 5.74) is -3.28. The smallest absolute Gasteiger partial charge is 0.374 e. The number of aryl methyl sites for hydroxylation is 1. The van der Waals surface area contributed by atoms with Crippen LogP contribution in [0.3, 0.4) is 0 Å². The van der Waals surface area contributed by atoms with Gasteiger partial charge >= 0.3 is 6.18 Å². The van der Waals surface area contributed by atoms with E-state index in [2.05, 4.69) is 10.3 Å². The lowest BCUT2D eigenvalue weighted by Gasteiger charge is -2.27. The van der Waals surface area contributed by atoms with Crippen LogP contribution in [0.2, 0.25) is 0 Å². The first-order chi connectivity index (χ1) is 12.0. The number of para-hydroxylation sites is 1. The van der Waals surface area contributed by atoms with Gasteiger partial charge in [-0.25, -0.2) is 4.98 Å². The molecule has 2 N–H and O–H groups in total. The van der Waals surface area contributed by atoms with E-state index in [1.54, 1.807) is 0 Å². The number of carbonyl (C=O) groups excluding carboxylic acids is 1. The van der Waals surface area contributed by atoms with Crippen LogP contribution in [0, 0.1) is 17.0 Å². The van der Waals surface area contributed by atoms with Crippen molar-refractivity contribution in [3.05, 3.63) is 56.0 Å². The predicted molar refractivity (Wildman–Crippen MR) is 86.4 cm³/mol. The highest BCUT2D eigenvalue weighted by Gasteiger charge is 2.58. The molecule has 0 bridgehead atoms. The van der Waals surface area contributed by atoms with E-state index >= 15 is 0 Å². The number of nitro groups is 1. The zero-order valence-electron chi connectivity index (χ0n) is 13.4. The lowest BCUT2D eigenvalue weighted by Crippen LogP contribution is -2.46. The second kappa shape index (κ2) is 7.38. The Morgan fingerprint density at radius 3 is 2.58 bits per heavy atom. The van der Waals surface area contributed by atoms with E-state index in [1.165, 1.54) is 36.6 Å². The van der Waals surface area contributed by atoms with E-state index in [4.69, 9.17) is 0 Å². The molecule has 0 saturated heterocycles. The first-order valence-electron chi connectivity index (χ1n) is 7.25. The molecule has 140 valence electrons. The third-order valence-corrected chi connectivity index (χ3v) is 4.63. The molecule has 0 saturated carbocycles. The molecule has 2 aromatic rings. The molecule has 2 rings (SSSR count). The molecular formula is C15H14F3N3O4S. The van der Waals surface area contributed by atoms with E-state index in [-0.39, 0.29) is 23.5 Å². The molecular weight excluding hydrogens is 375 g/mol. The Morgan fingerprint density at radius 2 is 2.04 bits per heavy atom. The summed E-state index contributed by atoms with van der Waals surface area (Å²) in [4.78, 5) is 25.9. The van der Waals surface area contributed by atoms with Crippen molar-refractivity contribution in [1.82, 2.24) is 10.3 Å². The minimum absolute atomic E-state index is 0.131. The lowest BCUT2D eigenvalue weighted by atomic mass is 9.99. The average molecular weight is 389 g/mol. The average Bonchev–Trinajstić information content (AvgIpc) is 2.99. The fourth-order valence-corrected chi connectivity index (χ4v) is 3.08. The number of benzene rings is 1. The van der Waals surface area contributed by atoms with Gasteiger partial charge in [-0.15, -0.1) is 11.3 Å². The molecule has 1 atom stereocenters. The lowest BCUT2D eigenvalue weighted by molar-refractivity contribution is -0.385. The van der Waals surface area contributed by atoms with Crippen LogP contribution in [0.5, 0.6) is 0 Å². The van der Waals surface area contributed by atoms with E-state index in [9.17, 15) is 33.2 Å². The number of aliphatic hydroxyl groups is 1. The number of alkyl halides is 3. The normalized spacial score (nSPS) is 13.9. The maximum Gasteiger partial charge on any atom is 0.424 e. The molecule has 1 aromatic carbocycles. The number of nitrogens with zero attached hydrogens (tertiary/aromatic N) is 2. The van der Waals surface area contributed by atoms with Gasteiger partial charge in [0.05, 0.1) is 11.3 Å². The van der Waals surface area contributed by atoms with Crippen molar-refractivity contribution in [2.75, 3.05) is 0 Å². The highest BCUT2D eigenvalue weighted by atomic mass is 32.1. The van der Waals surface area contributed by atoms with Crippen molar-refractivity contribution >= 4 is 22.9 Å². The molecule has 7 nitrogen and oxygen atoms in total. The Kier molecular flexibility index (Phi) is 5.62. The van der Waals surface area contributed by atoms with E-state index in [1.807, 2.05) is 0 Å². The van der Waals surface area contributed by atoms with Gasteiger partial charge in [-0.1, -0.05) is 18.2 Å². The van der Waals surface area contributed by atoms with E-state index in [0.717, 1.165) is 0 Å². The third kappa shape index (κ3) is 4.17. The molecule has 0 radical (unpaired) electrons. The number of thiazole rings is 1. The van der Waals surface area contributed by atoms with Crippen molar-refractivity contribution in [3.63, 3.8) is 0 Å². The number of amides is 1. The van der Waals surface area contributed by atoms with E-state index in [0.29, 0.717) is 11.3 Å². The molecule has 0 fully saturated rings. The number of carbonyl (C=O) groups is 1. The minimum Gasteiger partial charge on any atom is -0.374 e. The summed E-state index contributed by atoms with van der Waals surface area (Å²) in [6.07, 6.45) is -6.42. The van der Waals surface area contributed by atoms with Crippen molar-refractivity contribution < 1.29 is 28.0 Å². The zero-order valence-corrected chi connectivity index (χ0v) is 14.2. The molecule has 0 aliphatic carbocycles. The molecule has 0 aliphatic heterocycles. The summed E-state index contributed by atoms with van der Waals surface area (Å²) in [7, 11) is 0. The van der Waals surface area contributed by atoms with Gasteiger partial charge in [0, 0.05) is 29.2 Å². The number of aromatic nitrogens is 1. The monoisotopic (exact) mass is 389 g/mol. The third-order valence-electron chi connectivity index (χ3n) is 3.52.